The molecule has 87 heavy (non-hydrogen) atoms. The van der Waals surface area contributed by atoms with E-state index in [1.165, 1.54) is 29.4 Å². The zero-order chi connectivity index (χ0) is 63.0. The van der Waals surface area contributed by atoms with Gasteiger partial charge in [-0.05, 0) is 119 Å². The predicted octanol–water partition coefficient (Wildman–Crippen LogP) is 1.37. The third kappa shape index (κ3) is 34.5. The van der Waals surface area contributed by atoms with Crippen LogP contribution in [-0.2, 0) is 45.5 Å². The first kappa shape index (κ1) is 81.4. The van der Waals surface area contributed by atoms with E-state index in [2.05, 4.69) is 19.9 Å². The molecule has 8 rings (SSSR count). The van der Waals surface area contributed by atoms with E-state index in [0.29, 0.717) is 0 Å². The third-order valence-corrected chi connectivity index (χ3v) is 9.56. The minimum Gasteiger partial charge on any atom is -1.00 e. The van der Waals surface area contributed by atoms with Crippen molar-refractivity contribution in [2.75, 3.05) is 84.6 Å². The number of amides is 6. The first-order valence-electron chi connectivity index (χ1n) is 25.1. The first-order valence-corrected chi connectivity index (χ1v) is 25.1. The summed E-state index contributed by atoms with van der Waals surface area (Å²) in [5, 5.41) is 18.2. The second-order valence-corrected chi connectivity index (χ2v) is 18.3. The van der Waals surface area contributed by atoms with Crippen LogP contribution in [0.1, 0.15) is 20.7 Å². The normalized spacial score (nSPS) is 8.87. The summed E-state index contributed by atoms with van der Waals surface area (Å²) in [4.78, 5) is 114. The second kappa shape index (κ2) is 46.6. The Labute approximate surface area is 531 Å². The van der Waals surface area contributed by atoms with E-state index in [-0.39, 0.29) is 52.7 Å². The molecular weight excluding hydrogens is 1200 g/mol. The van der Waals surface area contributed by atoms with Crippen LogP contribution in [0.4, 0.5) is 0 Å². The molecule has 2 N–H and O–H groups in total. The Hall–Kier alpha value is -9.81. The molecule has 0 fully saturated rings. The number of rotatable bonds is 14. The Morgan fingerprint density at radius 1 is 0.310 bits per heavy atom. The molecule has 1 radical (unpaired) electrons. The number of halogens is 2. The van der Waals surface area contributed by atoms with Crippen molar-refractivity contribution in [2.45, 2.75) is 0 Å². The van der Waals surface area contributed by atoms with Gasteiger partial charge in [0.1, 0.15) is 0 Å². The van der Waals surface area contributed by atoms with Gasteiger partial charge in [-0.1, -0.05) is 48.5 Å². The van der Waals surface area contributed by atoms with Gasteiger partial charge in [0.15, 0.2) is 0 Å². The van der Waals surface area contributed by atoms with Crippen LogP contribution in [0.2, 0.25) is 0 Å². The fraction of sp³-hybridized carbons (Fsp3) is 0.194. The summed E-state index contributed by atoms with van der Waals surface area (Å²) in [5.74, 6) is -1.89. The third-order valence-electron chi connectivity index (χ3n) is 9.56. The number of aromatic nitrogens is 6. The Bertz CT molecular complexity index is 2830. The molecule has 0 aliphatic carbocycles. The average molecular weight is 1280 g/mol. The van der Waals surface area contributed by atoms with Gasteiger partial charge in [-0.15, -0.1) is 0 Å². The maximum Gasteiger partial charge on any atom is 2.00 e. The molecule has 2 aromatic carbocycles. The average Bonchev–Trinajstić information content (AvgIpc) is 2.89. The zero-order valence-corrected chi connectivity index (χ0v) is 52.8. The Morgan fingerprint density at radius 3 is 0.632 bits per heavy atom. The number of carbonyl (C=O) groups is 8. The molecule has 0 aliphatic rings. The topological polar surface area (TPSA) is 274 Å². The summed E-state index contributed by atoms with van der Waals surface area (Å²) >= 11 is 0. The van der Waals surface area contributed by atoms with Crippen LogP contribution >= 0.6 is 0 Å². The van der Waals surface area contributed by atoms with E-state index in [1.807, 2.05) is 97.1 Å². The van der Waals surface area contributed by atoms with Crippen molar-refractivity contribution in [3.63, 3.8) is 0 Å². The Kier molecular flexibility index (Phi) is 43.6. The van der Waals surface area contributed by atoms with Gasteiger partial charge in [-0.2, -0.15) is 0 Å². The molecule has 6 aromatic heterocycles. The minimum atomic E-state index is -0.945. The second-order valence-electron chi connectivity index (χ2n) is 18.3. The largest absolute Gasteiger partial charge is 2.00 e. The van der Waals surface area contributed by atoms with Gasteiger partial charge >= 0.3 is 28.7 Å². The number of hydrogen-bond acceptors (Lipinski definition) is 14. The van der Waals surface area contributed by atoms with E-state index in [1.54, 1.807) is 158 Å². The zero-order valence-electron chi connectivity index (χ0n) is 50.2. The van der Waals surface area contributed by atoms with E-state index in [4.69, 9.17) is 20.2 Å². The van der Waals surface area contributed by atoms with Crippen LogP contribution in [0.25, 0.3) is 67.8 Å². The van der Waals surface area contributed by atoms with Gasteiger partial charge in [0.05, 0.1) is 56.7 Å². The van der Waals surface area contributed by atoms with E-state index >= 15 is 0 Å². The number of pyridine rings is 6. The van der Waals surface area contributed by atoms with Crippen molar-refractivity contribution < 1.29 is 90.2 Å². The molecule has 22 nitrogen and oxygen atoms in total. The number of benzene rings is 2. The molecule has 0 saturated heterocycles. The van der Waals surface area contributed by atoms with Crippen molar-refractivity contribution >= 4 is 50.4 Å². The summed E-state index contributed by atoms with van der Waals surface area (Å²) in [6, 6.07) is 44.1. The number of aromatic carboxylic acids is 2. The summed E-state index contributed by atoms with van der Waals surface area (Å²) in [5.41, 5.74) is 10.1. The maximum atomic E-state index is 11.1. The van der Waals surface area contributed by atoms with Gasteiger partial charge in [0, 0.05) is 109 Å². The van der Waals surface area contributed by atoms with Crippen LogP contribution in [0.5, 0.6) is 0 Å². The van der Waals surface area contributed by atoms with Crippen LogP contribution in [0.15, 0.2) is 170 Å². The standard InChI is InChI=1S/2C22H15N3O2.6C3H7NO.2ClH.Co/c2*26-22(27)16-9-7-15(8-10-16)17-13-20(18-5-1-3-11-23-18)25-21(14-17)19-6-2-4-12-24-19;6*1-4(2)3-5;;;/h2*1-14H,(H,26,27);6*3H,1-2H3;2*1H;/q;;;;;;;;;;+2/p-2. The maximum absolute atomic E-state index is 11.1. The van der Waals surface area contributed by atoms with Crippen molar-refractivity contribution in [1.82, 2.24) is 59.3 Å². The van der Waals surface area contributed by atoms with E-state index in [0.717, 1.165) is 106 Å². The number of hydrogen-bond donors (Lipinski definition) is 2. The molecule has 0 atom stereocenters. The van der Waals surface area contributed by atoms with Gasteiger partial charge in [0.25, 0.3) is 0 Å². The summed E-state index contributed by atoms with van der Waals surface area (Å²) in [7, 11) is 20.2. The molecule has 25 heteroatoms. The molecule has 0 bridgehead atoms. The minimum absolute atomic E-state index is 0. The summed E-state index contributed by atoms with van der Waals surface area (Å²) in [6.07, 6.45) is 11.4. The molecule has 6 heterocycles. The fourth-order valence-corrected chi connectivity index (χ4v) is 5.59. The van der Waals surface area contributed by atoms with Crippen molar-refractivity contribution in [2.24, 2.45) is 0 Å². The van der Waals surface area contributed by atoms with Gasteiger partial charge in [-0.3, -0.25) is 48.7 Å². The van der Waals surface area contributed by atoms with Crippen LogP contribution in [0, 0.1) is 0 Å². The monoisotopic (exact) mass is 1270 g/mol. The number of carbonyl (C=O) groups excluding carboxylic acids is 6. The van der Waals surface area contributed by atoms with Crippen molar-refractivity contribution in [3.8, 4) is 67.8 Å². The molecule has 0 unspecified atom stereocenters. The number of carboxylic acid groups (broad SMARTS) is 2. The molecule has 0 spiro atoms. The van der Waals surface area contributed by atoms with Gasteiger partial charge < -0.3 is 64.4 Å². The number of carboxylic acids is 2. The SMILES string of the molecule is CN(C)C=O.CN(C)C=O.CN(C)C=O.CN(C)C=O.CN(C)C=O.CN(C)C=O.O=C(O)c1ccc(-c2cc(-c3ccccn3)nc(-c3ccccn3)c2)cc1.O=C(O)c1ccc(-c2cc(-c3ccccn3)nc(-c3ccccn3)c2)cc1.[Cl-].[Cl-].[Co+2]. The summed E-state index contributed by atoms with van der Waals surface area (Å²) < 4.78 is 0. The van der Waals surface area contributed by atoms with Crippen LogP contribution in [-0.4, -0.2) is 204 Å². The quantitative estimate of drug-likeness (QED) is 0.146. The first-order chi connectivity index (χ1) is 40.0. The molecule has 6 amide bonds. The predicted molar refractivity (Wildman–Crippen MR) is 325 cm³/mol. The van der Waals surface area contributed by atoms with E-state index < -0.39 is 11.9 Å². The molecule has 463 valence electrons. The Balaban J connectivity index is -0.00000109. The van der Waals surface area contributed by atoms with Crippen LogP contribution < -0.4 is 24.8 Å². The van der Waals surface area contributed by atoms with Gasteiger partial charge in [0.2, 0.25) is 38.5 Å². The van der Waals surface area contributed by atoms with Crippen molar-refractivity contribution in [3.05, 3.63) is 182 Å². The van der Waals surface area contributed by atoms with Gasteiger partial charge in [-0.25, -0.2) is 19.6 Å². The smallest absolute Gasteiger partial charge is 1.00 e. The number of nitrogens with zero attached hydrogens (tertiary/aromatic N) is 12. The molecular formula is C62H72Cl2CoN12O10. The summed E-state index contributed by atoms with van der Waals surface area (Å²) in [6.45, 7) is 0. The molecule has 8 aromatic rings. The van der Waals surface area contributed by atoms with E-state index in [9.17, 15) is 38.4 Å². The van der Waals surface area contributed by atoms with Crippen LogP contribution in [0.3, 0.4) is 0 Å². The fourth-order valence-electron chi connectivity index (χ4n) is 5.59. The Morgan fingerprint density at radius 2 is 0.494 bits per heavy atom. The molecule has 0 aliphatic heterocycles. The molecule has 0 saturated carbocycles. The van der Waals surface area contributed by atoms with Crippen molar-refractivity contribution in [1.29, 1.82) is 0 Å².